The minimum Gasteiger partial charge on any atom is -0.452 e. The van der Waals surface area contributed by atoms with Gasteiger partial charge in [0.2, 0.25) is 0 Å². The van der Waals surface area contributed by atoms with Gasteiger partial charge < -0.3 is 9.64 Å². The summed E-state index contributed by atoms with van der Waals surface area (Å²) >= 11 is 0. The minimum absolute atomic E-state index is 0.0793. The monoisotopic (exact) mass is 415 g/mol. The predicted molar refractivity (Wildman–Crippen MR) is 123 cm³/mol. The van der Waals surface area contributed by atoms with Crippen molar-refractivity contribution in [1.29, 1.82) is 0 Å². The topological polar surface area (TPSA) is 46.6 Å². The molecule has 3 aromatic rings. The van der Waals surface area contributed by atoms with Crippen LogP contribution in [0, 0.1) is 10.8 Å². The largest absolute Gasteiger partial charge is 0.452 e. The number of likely N-dealkylation sites (tertiary alicyclic amines) is 1. The van der Waals surface area contributed by atoms with E-state index in [0.29, 0.717) is 5.56 Å². The molecule has 3 aromatic carbocycles. The molecule has 0 spiro atoms. The third kappa shape index (κ3) is 3.58. The Labute approximate surface area is 183 Å². The van der Waals surface area contributed by atoms with E-state index in [1.807, 2.05) is 53.4 Å². The number of nitrogens with zero attached hydrogens (tertiary/aromatic N) is 1. The molecule has 0 radical (unpaired) electrons. The molecule has 2 fully saturated rings. The second-order valence-electron chi connectivity index (χ2n) is 10.5. The highest BCUT2D eigenvalue weighted by Gasteiger charge is 2.50. The number of amides is 1. The average Bonchev–Trinajstić information content (AvgIpc) is 2.98. The number of hydrogen-bond donors (Lipinski definition) is 0. The summed E-state index contributed by atoms with van der Waals surface area (Å²) in [6, 6.07) is 18.0. The van der Waals surface area contributed by atoms with Crippen LogP contribution >= 0.6 is 0 Å². The van der Waals surface area contributed by atoms with E-state index in [2.05, 4.69) is 26.8 Å². The van der Waals surface area contributed by atoms with E-state index in [4.69, 9.17) is 4.74 Å². The van der Waals surface area contributed by atoms with E-state index in [-0.39, 0.29) is 29.4 Å². The van der Waals surface area contributed by atoms with E-state index in [9.17, 15) is 9.59 Å². The summed E-state index contributed by atoms with van der Waals surface area (Å²) in [6.45, 7) is 7.41. The van der Waals surface area contributed by atoms with Gasteiger partial charge in [0.15, 0.2) is 6.61 Å². The molecule has 2 atom stereocenters. The number of rotatable bonds is 3. The fourth-order valence-corrected chi connectivity index (χ4v) is 6.27. The molecule has 2 bridgehead atoms. The Bertz CT molecular complexity index is 1140. The molecule has 4 heteroatoms. The molecule has 1 aliphatic heterocycles. The minimum atomic E-state index is -0.435. The van der Waals surface area contributed by atoms with E-state index in [0.717, 1.165) is 47.4 Å². The molecular formula is C27H29NO3. The number of carbonyl (C=O) groups is 2. The summed E-state index contributed by atoms with van der Waals surface area (Å²) in [4.78, 5) is 28.2. The van der Waals surface area contributed by atoms with Crippen LogP contribution in [0.15, 0.2) is 54.6 Å². The zero-order valence-electron chi connectivity index (χ0n) is 18.5. The van der Waals surface area contributed by atoms with Crippen LogP contribution in [0.5, 0.6) is 0 Å². The van der Waals surface area contributed by atoms with Crippen molar-refractivity contribution in [3.05, 3.63) is 60.2 Å². The SMILES string of the molecule is CC1(C)C[C@@H]2C[C@@](C)(CN2C(=O)COC(=O)c2c3ccccc3cc3ccccc23)C1. The van der Waals surface area contributed by atoms with Gasteiger partial charge in [-0.2, -0.15) is 0 Å². The van der Waals surface area contributed by atoms with Crippen molar-refractivity contribution in [2.75, 3.05) is 13.2 Å². The number of hydrogen-bond acceptors (Lipinski definition) is 3. The molecule has 31 heavy (non-hydrogen) atoms. The Morgan fingerprint density at radius 1 is 0.968 bits per heavy atom. The Morgan fingerprint density at radius 2 is 1.58 bits per heavy atom. The van der Waals surface area contributed by atoms with Crippen molar-refractivity contribution in [3.8, 4) is 0 Å². The summed E-state index contributed by atoms with van der Waals surface area (Å²) in [5.41, 5.74) is 0.943. The van der Waals surface area contributed by atoms with Crippen LogP contribution in [0.4, 0.5) is 0 Å². The second kappa shape index (κ2) is 7.08. The highest BCUT2D eigenvalue weighted by molar-refractivity contribution is 6.16. The summed E-state index contributed by atoms with van der Waals surface area (Å²) in [5, 5.41) is 3.68. The van der Waals surface area contributed by atoms with Gasteiger partial charge in [0, 0.05) is 12.6 Å². The number of esters is 1. The van der Waals surface area contributed by atoms with Crippen molar-refractivity contribution in [2.24, 2.45) is 10.8 Å². The van der Waals surface area contributed by atoms with Gasteiger partial charge in [0.05, 0.1) is 5.56 Å². The first-order valence-electron chi connectivity index (χ1n) is 11.1. The fraction of sp³-hybridized carbons (Fsp3) is 0.407. The number of fused-ring (bicyclic) bond motifs is 4. The Hall–Kier alpha value is -2.88. The molecule has 1 saturated carbocycles. The van der Waals surface area contributed by atoms with Crippen LogP contribution in [0.2, 0.25) is 0 Å². The number of carbonyl (C=O) groups excluding carboxylic acids is 2. The maximum atomic E-state index is 13.2. The van der Waals surface area contributed by atoms with Gasteiger partial charge in [-0.3, -0.25) is 4.79 Å². The fourth-order valence-electron chi connectivity index (χ4n) is 6.27. The average molecular weight is 416 g/mol. The van der Waals surface area contributed by atoms with E-state index in [1.54, 1.807) is 0 Å². The van der Waals surface area contributed by atoms with Crippen LogP contribution in [0.3, 0.4) is 0 Å². The van der Waals surface area contributed by atoms with Crippen molar-refractivity contribution < 1.29 is 14.3 Å². The van der Waals surface area contributed by atoms with Crippen LogP contribution in [-0.4, -0.2) is 36.0 Å². The van der Waals surface area contributed by atoms with Crippen LogP contribution in [-0.2, 0) is 9.53 Å². The van der Waals surface area contributed by atoms with E-state index >= 15 is 0 Å². The highest BCUT2D eigenvalue weighted by Crippen LogP contribution is 2.52. The van der Waals surface area contributed by atoms with Gasteiger partial charge in [-0.05, 0) is 57.7 Å². The van der Waals surface area contributed by atoms with Gasteiger partial charge in [-0.15, -0.1) is 0 Å². The van der Waals surface area contributed by atoms with Gasteiger partial charge in [0.1, 0.15) is 0 Å². The number of ether oxygens (including phenoxy) is 1. The quantitative estimate of drug-likeness (QED) is 0.415. The van der Waals surface area contributed by atoms with Gasteiger partial charge in [0.25, 0.3) is 5.91 Å². The molecule has 1 saturated heterocycles. The first-order valence-corrected chi connectivity index (χ1v) is 11.1. The molecular weight excluding hydrogens is 386 g/mol. The van der Waals surface area contributed by atoms with Crippen LogP contribution < -0.4 is 0 Å². The van der Waals surface area contributed by atoms with Gasteiger partial charge in [-0.25, -0.2) is 4.79 Å². The predicted octanol–water partition coefficient (Wildman–Crippen LogP) is 5.58. The molecule has 4 nitrogen and oxygen atoms in total. The zero-order valence-corrected chi connectivity index (χ0v) is 18.5. The van der Waals surface area contributed by atoms with Crippen molar-refractivity contribution in [1.82, 2.24) is 4.90 Å². The summed E-state index contributed by atoms with van der Waals surface area (Å²) in [6.07, 6.45) is 3.18. The second-order valence-corrected chi connectivity index (χ2v) is 10.5. The molecule has 1 heterocycles. The van der Waals surface area contributed by atoms with Crippen molar-refractivity contribution in [2.45, 2.75) is 46.1 Å². The van der Waals surface area contributed by atoms with Gasteiger partial charge in [-0.1, -0.05) is 69.3 Å². The number of benzene rings is 3. The maximum Gasteiger partial charge on any atom is 0.339 e. The maximum absolute atomic E-state index is 13.2. The Kier molecular flexibility index (Phi) is 4.58. The molecule has 0 aromatic heterocycles. The molecule has 2 aliphatic rings. The van der Waals surface area contributed by atoms with Crippen LogP contribution in [0.1, 0.15) is 50.4 Å². The van der Waals surface area contributed by atoms with Crippen molar-refractivity contribution >= 4 is 33.4 Å². The molecule has 1 amide bonds. The summed E-state index contributed by atoms with van der Waals surface area (Å²) < 4.78 is 5.62. The van der Waals surface area contributed by atoms with Crippen molar-refractivity contribution in [3.63, 3.8) is 0 Å². The Balaban J connectivity index is 1.39. The molecule has 5 rings (SSSR count). The van der Waals surface area contributed by atoms with Gasteiger partial charge >= 0.3 is 5.97 Å². The zero-order chi connectivity index (χ0) is 21.8. The van der Waals surface area contributed by atoms with E-state index in [1.165, 1.54) is 0 Å². The molecule has 0 N–H and O–H groups in total. The lowest BCUT2D eigenvalue weighted by molar-refractivity contribution is -0.135. The van der Waals surface area contributed by atoms with E-state index < -0.39 is 5.97 Å². The normalized spacial score (nSPS) is 24.5. The first-order chi connectivity index (χ1) is 14.7. The standard InChI is InChI=1S/C27H29NO3/c1-26(2)13-20-14-27(3,16-26)17-28(20)23(29)15-31-25(30)24-21-10-6-4-8-18(21)12-19-9-5-7-11-22(19)24/h4-12,20H,13-17H2,1-3H3/t20-,27-/m1/s1. The molecule has 160 valence electrons. The Morgan fingerprint density at radius 3 is 2.23 bits per heavy atom. The summed E-state index contributed by atoms with van der Waals surface area (Å²) in [5.74, 6) is -0.514. The third-order valence-electron chi connectivity index (χ3n) is 7.04. The smallest absolute Gasteiger partial charge is 0.339 e. The molecule has 0 unspecified atom stereocenters. The third-order valence-corrected chi connectivity index (χ3v) is 7.04. The lowest BCUT2D eigenvalue weighted by Gasteiger charge is -2.39. The first kappa shape index (κ1) is 20.0. The molecule has 1 aliphatic carbocycles. The summed E-state index contributed by atoms with van der Waals surface area (Å²) in [7, 11) is 0. The lowest BCUT2D eigenvalue weighted by Crippen LogP contribution is -2.39. The lowest BCUT2D eigenvalue weighted by atomic mass is 9.65. The van der Waals surface area contributed by atoms with Crippen LogP contribution in [0.25, 0.3) is 21.5 Å². The highest BCUT2D eigenvalue weighted by atomic mass is 16.5.